The van der Waals surface area contributed by atoms with Crippen LogP contribution in [0.4, 0.5) is 15.8 Å². The molecule has 0 saturated heterocycles. The average Bonchev–Trinajstić information content (AvgIpc) is 2.07. The van der Waals surface area contributed by atoms with Gasteiger partial charge in [0.25, 0.3) is 0 Å². The highest BCUT2D eigenvalue weighted by atomic mass is 19.1. The third kappa shape index (κ3) is 1.54. The molecule has 0 aliphatic rings. The fraction of sp³-hybridized carbons (Fsp3) is 0.125. The Morgan fingerprint density at radius 3 is 2.50 bits per heavy atom. The molecule has 6 heteroatoms. The number of benzene rings is 1. The number of carbonyl (C=O) groups is 1. The number of nitro benzene ring substituents is 1. The van der Waals surface area contributed by atoms with Crippen molar-refractivity contribution in [3.05, 3.63) is 33.6 Å². The minimum atomic E-state index is -1.06. The van der Waals surface area contributed by atoms with Crippen LogP contribution in [0.2, 0.25) is 0 Å². The predicted molar refractivity (Wildman–Crippen MR) is 47.5 cm³/mol. The summed E-state index contributed by atoms with van der Waals surface area (Å²) in [5, 5.41) is 10.5. The van der Waals surface area contributed by atoms with E-state index in [0.29, 0.717) is 0 Å². The number of nitro groups is 1. The van der Waals surface area contributed by atoms with Crippen LogP contribution >= 0.6 is 0 Å². The van der Waals surface area contributed by atoms with Gasteiger partial charge in [-0.15, -0.1) is 0 Å². The highest BCUT2D eigenvalue weighted by Gasteiger charge is 2.25. The van der Waals surface area contributed by atoms with Crippen LogP contribution in [-0.2, 0) is 0 Å². The van der Waals surface area contributed by atoms with E-state index in [1.165, 1.54) is 0 Å². The molecule has 0 fully saturated rings. The Labute approximate surface area is 78.5 Å². The first-order valence-corrected chi connectivity index (χ1v) is 3.68. The quantitative estimate of drug-likeness (QED) is 0.338. The number of ketones is 1. The summed E-state index contributed by atoms with van der Waals surface area (Å²) in [5.41, 5.74) is 4.00. The van der Waals surface area contributed by atoms with Gasteiger partial charge in [-0.2, -0.15) is 4.39 Å². The van der Waals surface area contributed by atoms with Crippen LogP contribution in [-0.4, -0.2) is 10.7 Å². The van der Waals surface area contributed by atoms with Crippen LogP contribution in [0.25, 0.3) is 0 Å². The summed E-state index contributed by atoms with van der Waals surface area (Å²) in [6.07, 6.45) is 0. The number of nitrogens with zero attached hydrogens (tertiary/aromatic N) is 1. The summed E-state index contributed by atoms with van der Waals surface area (Å²) in [6.45, 7) is 1.10. The summed E-state index contributed by atoms with van der Waals surface area (Å²) in [4.78, 5) is 20.5. The Bertz CT molecular complexity index is 378. The molecule has 0 aliphatic carbocycles. The smallest absolute Gasteiger partial charge is 0.317 e. The Balaban J connectivity index is 3.58. The number of nitrogen functional groups attached to an aromatic ring is 1. The molecule has 1 aromatic carbocycles. The molecule has 0 aliphatic heterocycles. The van der Waals surface area contributed by atoms with Crippen LogP contribution in [0.1, 0.15) is 17.3 Å². The first kappa shape index (κ1) is 10.1. The Kier molecular flexibility index (Phi) is 2.46. The van der Waals surface area contributed by atoms with Gasteiger partial charge in [0.2, 0.25) is 5.82 Å². The van der Waals surface area contributed by atoms with E-state index in [9.17, 15) is 19.3 Å². The lowest BCUT2D eigenvalue weighted by Gasteiger charge is -2.03. The molecule has 1 aromatic rings. The van der Waals surface area contributed by atoms with Crippen LogP contribution in [0, 0.1) is 15.9 Å². The van der Waals surface area contributed by atoms with E-state index in [0.717, 1.165) is 19.1 Å². The molecule has 0 unspecified atom stereocenters. The van der Waals surface area contributed by atoms with Crippen molar-refractivity contribution in [1.82, 2.24) is 0 Å². The van der Waals surface area contributed by atoms with Crippen molar-refractivity contribution in [2.24, 2.45) is 0 Å². The molecule has 0 spiro atoms. The molecule has 74 valence electrons. The number of anilines is 1. The van der Waals surface area contributed by atoms with Gasteiger partial charge in [-0.1, -0.05) is 0 Å². The second kappa shape index (κ2) is 3.41. The van der Waals surface area contributed by atoms with Crippen molar-refractivity contribution >= 4 is 17.2 Å². The molecular formula is C8H7FN2O3. The highest BCUT2D eigenvalue weighted by molar-refractivity contribution is 6.03. The second-order valence-corrected chi connectivity index (χ2v) is 2.67. The van der Waals surface area contributed by atoms with Crippen molar-refractivity contribution in [3.8, 4) is 0 Å². The lowest BCUT2D eigenvalue weighted by atomic mass is 10.1. The van der Waals surface area contributed by atoms with E-state index < -0.39 is 22.2 Å². The van der Waals surface area contributed by atoms with Crippen LogP contribution in [0.15, 0.2) is 12.1 Å². The maximum Gasteiger partial charge on any atom is 0.317 e. The largest absolute Gasteiger partial charge is 0.398 e. The van der Waals surface area contributed by atoms with Crippen molar-refractivity contribution < 1.29 is 14.1 Å². The maximum atomic E-state index is 13.0. The number of carbonyl (C=O) groups excluding carboxylic acids is 1. The van der Waals surface area contributed by atoms with Gasteiger partial charge < -0.3 is 5.73 Å². The zero-order valence-electron chi connectivity index (χ0n) is 7.28. The molecule has 2 N–H and O–H groups in total. The minimum Gasteiger partial charge on any atom is -0.398 e. The molecule has 0 saturated carbocycles. The molecule has 5 nitrogen and oxygen atoms in total. The monoisotopic (exact) mass is 198 g/mol. The van der Waals surface area contributed by atoms with Gasteiger partial charge >= 0.3 is 5.69 Å². The van der Waals surface area contributed by atoms with Crippen molar-refractivity contribution in [1.29, 1.82) is 0 Å². The molecule has 0 atom stereocenters. The zero-order chi connectivity index (χ0) is 10.9. The van der Waals surface area contributed by atoms with Crippen molar-refractivity contribution in [2.75, 3.05) is 5.73 Å². The second-order valence-electron chi connectivity index (χ2n) is 2.67. The molecule has 14 heavy (non-hydrogen) atoms. The first-order chi connectivity index (χ1) is 6.45. The molecule has 0 heterocycles. The van der Waals surface area contributed by atoms with E-state index in [2.05, 4.69) is 0 Å². The molecular weight excluding hydrogens is 191 g/mol. The zero-order valence-corrected chi connectivity index (χ0v) is 7.28. The summed E-state index contributed by atoms with van der Waals surface area (Å²) in [5.74, 6) is -1.69. The number of halogens is 1. The first-order valence-electron chi connectivity index (χ1n) is 3.68. The number of rotatable bonds is 2. The Morgan fingerprint density at radius 2 is 2.14 bits per heavy atom. The standard InChI is InChI=1S/C8H7FN2O3/c1-4(12)7-6(10)3-2-5(9)8(7)11(13)14/h2-3H,10H2,1H3. The van der Waals surface area contributed by atoms with Gasteiger partial charge in [0.1, 0.15) is 5.56 Å². The van der Waals surface area contributed by atoms with Crippen LogP contribution in [0.5, 0.6) is 0 Å². The fourth-order valence-corrected chi connectivity index (χ4v) is 1.13. The Hall–Kier alpha value is -1.98. The summed E-state index contributed by atoms with van der Waals surface area (Å²) >= 11 is 0. The van der Waals surface area contributed by atoms with Gasteiger partial charge in [0, 0.05) is 5.69 Å². The Morgan fingerprint density at radius 1 is 1.57 bits per heavy atom. The van der Waals surface area contributed by atoms with Crippen LogP contribution in [0.3, 0.4) is 0 Å². The number of hydrogen-bond acceptors (Lipinski definition) is 4. The topological polar surface area (TPSA) is 86.2 Å². The molecule has 0 aromatic heterocycles. The maximum absolute atomic E-state index is 13.0. The summed E-state index contributed by atoms with van der Waals surface area (Å²) in [6, 6.07) is 1.99. The molecule has 0 radical (unpaired) electrons. The fourth-order valence-electron chi connectivity index (χ4n) is 1.13. The predicted octanol–water partition coefficient (Wildman–Crippen LogP) is 1.52. The third-order valence-corrected chi connectivity index (χ3v) is 1.70. The lowest BCUT2D eigenvalue weighted by Crippen LogP contribution is -2.06. The molecule has 0 bridgehead atoms. The summed E-state index contributed by atoms with van der Waals surface area (Å²) < 4.78 is 13.0. The van der Waals surface area contributed by atoms with E-state index in [-0.39, 0.29) is 11.3 Å². The number of Topliss-reactive ketones (excluding diaryl/α,β-unsaturated/α-hetero) is 1. The van der Waals surface area contributed by atoms with Gasteiger partial charge in [0.05, 0.1) is 4.92 Å². The van der Waals surface area contributed by atoms with Gasteiger partial charge in [-0.25, -0.2) is 0 Å². The normalized spacial score (nSPS) is 9.86. The summed E-state index contributed by atoms with van der Waals surface area (Å²) in [7, 11) is 0. The van der Waals surface area contributed by atoms with Gasteiger partial charge in [-0.05, 0) is 19.1 Å². The van der Waals surface area contributed by atoms with E-state index in [1.54, 1.807) is 0 Å². The third-order valence-electron chi connectivity index (χ3n) is 1.70. The van der Waals surface area contributed by atoms with Gasteiger partial charge in [0.15, 0.2) is 5.78 Å². The van der Waals surface area contributed by atoms with Crippen LogP contribution < -0.4 is 5.73 Å². The number of nitrogens with two attached hydrogens (primary N) is 1. The average molecular weight is 198 g/mol. The van der Waals surface area contributed by atoms with E-state index >= 15 is 0 Å². The van der Waals surface area contributed by atoms with E-state index in [4.69, 9.17) is 5.73 Å². The van der Waals surface area contributed by atoms with Gasteiger partial charge in [-0.3, -0.25) is 14.9 Å². The van der Waals surface area contributed by atoms with Crippen molar-refractivity contribution in [2.45, 2.75) is 6.92 Å². The van der Waals surface area contributed by atoms with Crippen molar-refractivity contribution in [3.63, 3.8) is 0 Å². The molecule has 0 amide bonds. The number of hydrogen-bond donors (Lipinski definition) is 1. The highest BCUT2D eigenvalue weighted by Crippen LogP contribution is 2.27. The lowest BCUT2D eigenvalue weighted by molar-refractivity contribution is -0.387. The SMILES string of the molecule is CC(=O)c1c(N)ccc(F)c1[N+](=O)[O-]. The van der Waals surface area contributed by atoms with E-state index in [1.807, 2.05) is 0 Å². The molecule has 1 rings (SSSR count). The minimum absolute atomic E-state index is 0.0920.